The smallest absolute Gasteiger partial charge is 0.278 e. The number of rotatable bonds is 3. The number of imidazole rings is 1. The molecule has 9 heteroatoms. The van der Waals surface area contributed by atoms with E-state index in [0.29, 0.717) is 12.2 Å². The highest BCUT2D eigenvalue weighted by molar-refractivity contribution is 5.59. The molecule has 0 N–H and O–H groups in total. The van der Waals surface area contributed by atoms with Gasteiger partial charge in [0, 0.05) is 5.56 Å². The fourth-order valence-corrected chi connectivity index (χ4v) is 3.29. The van der Waals surface area contributed by atoms with Gasteiger partial charge in [0.2, 0.25) is 5.82 Å². The molecule has 146 valence electrons. The second-order valence-corrected chi connectivity index (χ2v) is 6.60. The summed E-state index contributed by atoms with van der Waals surface area (Å²) >= 11 is 0. The van der Waals surface area contributed by atoms with E-state index in [9.17, 15) is 13.2 Å². The average molecular weight is 398 g/mol. The molecule has 0 spiro atoms. The highest BCUT2D eigenvalue weighted by Crippen LogP contribution is 2.32. The third-order valence-corrected chi connectivity index (χ3v) is 4.76. The Morgan fingerprint density at radius 2 is 1.93 bits per heavy atom. The van der Waals surface area contributed by atoms with E-state index in [2.05, 4.69) is 15.1 Å². The SMILES string of the molecule is Fc1cccc([C@H]2Cn3cnc(-c4nc(-c5ccc(F)c(F)c5)no4)c3CO2)c1. The van der Waals surface area contributed by atoms with E-state index in [4.69, 9.17) is 9.26 Å². The Morgan fingerprint density at radius 1 is 1.03 bits per heavy atom. The van der Waals surface area contributed by atoms with E-state index < -0.39 is 11.6 Å². The van der Waals surface area contributed by atoms with E-state index >= 15 is 0 Å². The Labute approximate surface area is 162 Å². The molecule has 1 aliphatic heterocycles. The molecule has 2 aromatic carbocycles. The monoisotopic (exact) mass is 398 g/mol. The zero-order chi connectivity index (χ0) is 20.0. The van der Waals surface area contributed by atoms with Gasteiger partial charge in [-0.05, 0) is 35.9 Å². The topological polar surface area (TPSA) is 66.0 Å². The second kappa shape index (κ2) is 6.85. The van der Waals surface area contributed by atoms with Crippen LogP contribution in [0.1, 0.15) is 17.4 Å². The molecule has 0 saturated carbocycles. The summed E-state index contributed by atoms with van der Waals surface area (Å²) < 4.78 is 53.1. The molecule has 1 atom stereocenters. The summed E-state index contributed by atoms with van der Waals surface area (Å²) in [5, 5.41) is 3.83. The van der Waals surface area contributed by atoms with E-state index in [-0.39, 0.29) is 35.8 Å². The quantitative estimate of drug-likeness (QED) is 0.515. The maximum Gasteiger partial charge on any atom is 0.278 e. The number of ether oxygens (including phenoxy) is 1. The van der Waals surface area contributed by atoms with Crippen LogP contribution in [0.5, 0.6) is 0 Å². The lowest BCUT2D eigenvalue weighted by Crippen LogP contribution is -2.20. The van der Waals surface area contributed by atoms with Crippen molar-refractivity contribution in [2.24, 2.45) is 0 Å². The second-order valence-electron chi connectivity index (χ2n) is 6.60. The van der Waals surface area contributed by atoms with Crippen molar-refractivity contribution in [2.45, 2.75) is 19.3 Å². The van der Waals surface area contributed by atoms with Gasteiger partial charge >= 0.3 is 0 Å². The molecule has 0 fully saturated rings. The molecular formula is C20H13F3N4O2. The summed E-state index contributed by atoms with van der Waals surface area (Å²) in [5.41, 5.74) is 2.21. The first kappa shape index (κ1) is 17.6. The molecule has 0 amide bonds. The minimum atomic E-state index is -0.995. The predicted octanol–water partition coefficient (Wildman–Crippen LogP) is 4.29. The first-order valence-electron chi connectivity index (χ1n) is 8.79. The molecule has 3 heterocycles. The Kier molecular flexibility index (Phi) is 4.17. The average Bonchev–Trinajstić information content (AvgIpc) is 3.36. The molecule has 0 bridgehead atoms. The highest BCUT2D eigenvalue weighted by Gasteiger charge is 2.27. The molecule has 0 radical (unpaired) electrons. The van der Waals surface area contributed by atoms with Gasteiger partial charge in [-0.15, -0.1) is 0 Å². The van der Waals surface area contributed by atoms with Crippen molar-refractivity contribution >= 4 is 0 Å². The van der Waals surface area contributed by atoms with Crippen LogP contribution in [-0.4, -0.2) is 19.7 Å². The van der Waals surface area contributed by atoms with Crippen molar-refractivity contribution in [3.63, 3.8) is 0 Å². The number of nitrogens with zero attached hydrogens (tertiary/aromatic N) is 4. The minimum absolute atomic E-state index is 0.120. The maximum absolute atomic E-state index is 13.5. The first-order chi connectivity index (χ1) is 14.1. The summed E-state index contributed by atoms with van der Waals surface area (Å²) in [6.07, 6.45) is 1.32. The van der Waals surface area contributed by atoms with Crippen molar-refractivity contribution in [3.8, 4) is 23.0 Å². The van der Waals surface area contributed by atoms with Crippen LogP contribution in [0.3, 0.4) is 0 Å². The third-order valence-electron chi connectivity index (χ3n) is 4.76. The summed E-state index contributed by atoms with van der Waals surface area (Å²) in [5.74, 6) is -2.00. The van der Waals surface area contributed by atoms with Gasteiger partial charge in [0.05, 0.1) is 25.2 Å². The molecule has 4 aromatic rings. The number of hydrogen-bond donors (Lipinski definition) is 0. The van der Waals surface area contributed by atoms with Crippen LogP contribution in [-0.2, 0) is 17.9 Å². The van der Waals surface area contributed by atoms with Gasteiger partial charge in [-0.3, -0.25) is 0 Å². The van der Waals surface area contributed by atoms with Gasteiger partial charge < -0.3 is 13.8 Å². The Balaban J connectivity index is 1.42. The molecule has 29 heavy (non-hydrogen) atoms. The Bertz CT molecular complexity index is 1200. The molecule has 1 aliphatic rings. The number of fused-ring (bicyclic) bond motifs is 1. The molecule has 0 unspecified atom stereocenters. The van der Waals surface area contributed by atoms with Crippen molar-refractivity contribution in [1.29, 1.82) is 0 Å². The van der Waals surface area contributed by atoms with Crippen LogP contribution in [0.25, 0.3) is 23.0 Å². The van der Waals surface area contributed by atoms with Crippen LogP contribution in [0.2, 0.25) is 0 Å². The predicted molar refractivity (Wildman–Crippen MR) is 94.8 cm³/mol. The van der Waals surface area contributed by atoms with Crippen molar-refractivity contribution in [1.82, 2.24) is 19.7 Å². The van der Waals surface area contributed by atoms with Crippen molar-refractivity contribution in [3.05, 3.63) is 77.5 Å². The number of aromatic nitrogens is 4. The first-order valence-corrected chi connectivity index (χ1v) is 8.79. The highest BCUT2D eigenvalue weighted by atomic mass is 19.2. The fourth-order valence-electron chi connectivity index (χ4n) is 3.29. The van der Waals surface area contributed by atoms with Crippen molar-refractivity contribution < 1.29 is 22.4 Å². The summed E-state index contributed by atoms with van der Waals surface area (Å²) in [6, 6.07) is 9.64. The van der Waals surface area contributed by atoms with E-state index in [1.807, 2.05) is 10.6 Å². The van der Waals surface area contributed by atoms with Gasteiger partial charge in [-0.2, -0.15) is 4.98 Å². The van der Waals surface area contributed by atoms with Crippen LogP contribution < -0.4 is 0 Å². The normalized spacial score (nSPS) is 16.0. The number of halogens is 3. The lowest BCUT2D eigenvalue weighted by molar-refractivity contribution is 0.00314. The summed E-state index contributed by atoms with van der Waals surface area (Å²) in [4.78, 5) is 8.57. The van der Waals surface area contributed by atoms with Crippen LogP contribution in [0, 0.1) is 17.5 Å². The molecule has 6 nitrogen and oxygen atoms in total. The Morgan fingerprint density at radius 3 is 2.76 bits per heavy atom. The minimum Gasteiger partial charge on any atom is -0.365 e. The third kappa shape index (κ3) is 3.19. The number of benzene rings is 2. The maximum atomic E-state index is 13.5. The number of hydrogen-bond acceptors (Lipinski definition) is 5. The van der Waals surface area contributed by atoms with E-state index in [0.717, 1.165) is 23.4 Å². The zero-order valence-corrected chi connectivity index (χ0v) is 14.8. The van der Waals surface area contributed by atoms with Gasteiger partial charge in [0.1, 0.15) is 11.9 Å². The largest absolute Gasteiger partial charge is 0.365 e. The molecule has 5 rings (SSSR count). The van der Waals surface area contributed by atoms with Crippen LogP contribution in [0.4, 0.5) is 13.2 Å². The summed E-state index contributed by atoms with van der Waals surface area (Å²) in [7, 11) is 0. The molecule has 0 aliphatic carbocycles. The fraction of sp³-hybridized carbons (Fsp3) is 0.150. The van der Waals surface area contributed by atoms with Crippen molar-refractivity contribution in [2.75, 3.05) is 0 Å². The lowest BCUT2D eigenvalue weighted by atomic mass is 10.1. The zero-order valence-electron chi connectivity index (χ0n) is 14.8. The van der Waals surface area contributed by atoms with Crippen LogP contribution in [0.15, 0.2) is 53.3 Å². The van der Waals surface area contributed by atoms with Gasteiger partial charge in [-0.25, -0.2) is 18.2 Å². The van der Waals surface area contributed by atoms with Crippen LogP contribution >= 0.6 is 0 Å². The van der Waals surface area contributed by atoms with E-state index in [1.54, 1.807) is 12.4 Å². The van der Waals surface area contributed by atoms with Gasteiger partial charge in [-0.1, -0.05) is 17.3 Å². The molecule has 0 saturated heterocycles. The van der Waals surface area contributed by atoms with E-state index in [1.165, 1.54) is 18.2 Å². The van der Waals surface area contributed by atoms with Gasteiger partial charge in [0.15, 0.2) is 17.3 Å². The molecule has 2 aromatic heterocycles. The van der Waals surface area contributed by atoms with Gasteiger partial charge in [0.25, 0.3) is 5.89 Å². The summed E-state index contributed by atoms with van der Waals surface area (Å²) in [6.45, 7) is 0.676. The Hall–Kier alpha value is -3.46. The standard InChI is InChI=1S/C20H13F3N4O2/c21-13-3-1-2-11(6-13)17-8-27-10-24-18(16(27)9-28-17)20-25-19(26-29-20)12-4-5-14(22)15(23)7-12/h1-7,10,17H,8-9H2/t17-/m1/s1. The molecular weight excluding hydrogens is 385 g/mol. The lowest BCUT2D eigenvalue weighted by Gasteiger charge is -2.25.